The summed E-state index contributed by atoms with van der Waals surface area (Å²) in [5.41, 5.74) is 4.41. The number of halogens is 6. The van der Waals surface area contributed by atoms with E-state index in [4.69, 9.17) is 0 Å². The molecule has 0 bridgehead atoms. The Balaban J connectivity index is 0.000000172. The standard InChI is InChI=1S/2C21H16F3N3O/c2*22-21(23,24)16-5-6-19(27-12-9-14-3-1-2-4-18(14)27)17(13-16)26-20(28)15-7-10-25-11-8-15/h2*1-8,10-11,13H,9,12H2,(H,26,28). The van der Waals surface area contributed by atoms with Gasteiger partial charge in [-0.15, -0.1) is 0 Å². The number of carbonyl (C=O) groups is 2. The van der Waals surface area contributed by atoms with Gasteiger partial charge in [-0.25, -0.2) is 0 Å². The highest BCUT2D eigenvalue weighted by molar-refractivity contribution is 6.07. The van der Waals surface area contributed by atoms with Crippen molar-refractivity contribution in [3.63, 3.8) is 0 Å². The Hall–Kier alpha value is -6.70. The summed E-state index contributed by atoms with van der Waals surface area (Å²) in [6.07, 6.45) is -1.60. The highest BCUT2D eigenvalue weighted by Gasteiger charge is 2.34. The molecule has 0 radical (unpaired) electrons. The van der Waals surface area contributed by atoms with Crippen molar-refractivity contribution in [1.82, 2.24) is 9.97 Å². The van der Waals surface area contributed by atoms with Crippen molar-refractivity contribution >= 4 is 45.9 Å². The molecule has 2 aliphatic rings. The summed E-state index contributed by atoms with van der Waals surface area (Å²) in [6, 6.07) is 28.4. The Kier molecular flexibility index (Phi) is 10.5. The molecule has 8 rings (SSSR count). The summed E-state index contributed by atoms with van der Waals surface area (Å²) in [5, 5.41) is 5.28. The Labute approximate surface area is 317 Å². The van der Waals surface area contributed by atoms with Crippen molar-refractivity contribution in [3.05, 3.63) is 167 Å². The first kappa shape index (κ1) is 37.6. The molecule has 0 atom stereocenters. The number of aromatic nitrogens is 2. The van der Waals surface area contributed by atoms with Crippen LogP contribution in [0.1, 0.15) is 43.0 Å². The van der Waals surface area contributed by atoms with Gasteiger partial charge in [-0.2, -0.15) is 26.3 Å². The van der Waals surface area contributed by atoms with Crippen LogP contribution in [0.15, 0.2) is 134 Å². The fourth-order valence-electron chi connectivity index (χ4n) is 6.67. The summed E-state index contributed by atoms with van der Waals surface area (Å²) < 4.78 is 79.4. The van der Waals surface area contributed by atoms with Crippen LogP contribution in [-0.4, -0.2) is 34.9 Å². The minimum Gasteiger partial charge on any atom is -0.339 e. The number of carbonyl (C=O) groups excluding carboxylic acids is 2. The maximum Gasteiger partial charge on any atom is 0.416 e. The molecule has 2 aliphatic heterocycles. The lowest BCUT2D eigenvalue weighted by Gasteiger charge is -2.24. The van der Waals surface area contributed by atoms with Crippen LogP contribution in [0, 0.1) is 0 Å². The monoisotopic (exact) mass is 766 g/mol. The van der Waals surface area contributed by atoms with Crippen molar-refractivity contribution in [2.24, 2.45) is 0 Å². The molecular weight excluding hydrogens is 734 g/mol. The summed E-state index contributed by atoms with van der Waals surface area (Å²) in [4.78, 5) is 36.7. The number of hydrogen-bond donors (Lipinski definition) is 2. The second kappa shape index (κ2) is 15.6. The first-order valence-electron chi connectivity index (χ1n) is 17.4. The smallest absolute Gasteiger partial charge is 0.339 e. The first-order valence-corrected chi connectivity index (χ1v) is 17.4. The van der Waals surface area contributed by atoms with E-state index in [9.17, 15) is 35.9 Å². The van der Waals surface area contributed by atoms with Gasteiger partial charge in [-0.3, -0.25) is 19.6 Å². The molecule has 2 amide bonds. The number of fused-ring (bicyclic) bond motifs is 2. The van der Waals surface area contributed by atoms with Gasteiger partial charge in [-0.05, 0) is 96.8 Å². The summed E-state index contributed by atoms with van der Waals surface area (Å²) in [7, 11) is 0. The number of amides is 2. The van der Waals surface area contributed by atoms with Crippen molar-refractivity contribution in [2.45, 2.75) is 25.2 Å². The third kappa shape index (κ3) is 8.19. The predicted molar refractivity (Wildman–Crippen MR) is 202 cm³/mol. The number of rotatable bonds is 6. The quantitative estimate of drug-likeness (QED) is 0.164. The number of hydrogen-bond acceptors (Lipinski definition) is 6. The normalized spacial score (nSPS) is 13.3. The van der Waals surface area contributed by atoms with Gasteiger partial charge >= 0.3 is 12.4 Å². The van der Waals surface area contributed by atoms with E-state index in [-0.39, 0.29) is 11.4 Å². The highest BCUT2D eigenvalue weighted by Crippen LogP contribution is 2.43. The van der Waals surface area contributed by atoms with Gasteiger partial charge < -0.3 is 20.4 Å². The van der Waals surface area contributed by atoms with Gasteiger partial charge in [0.2, 0.25) is 0 Å². The molecule has 0 aliphatic carbocycles. The lowest BCUT2D eigenvalue weighted by molar-refractivity contribution is -0.138. The zero-order chi connectivity index (χ0) is 39.5. The lowest BCUT2D eigenvalue weighted by Crippen LogP contribution is -2.19. The number of pyridine rings is 2. The van der Waals surface area contributed by atoms with Crippen molar-refractivity contribution in [3.8, 4) is 0 Å². The maximum absolute atomic E-state index is 13.2. The Bertz CT molecular complexity index is 2200. The van der Waals surface area contributed by atoms with Crippen LogP contribution < -0.4 is 20.4 Å². The molecule has 2 aromatic heterocycles. The van der Waals surface area contributed by atoms with E-state index in [1.807, 2.05) is 58.3 Å². The van der Waals surface area contributed by atoms with Crippen LogP contribution in [0.25, 0.3) is 0 Å². The summed E-state index contributed by atoms with van der Waals surface area (Å²) in [6.45, 7) is 1.26. The largest absolute Gasteiger partial charge is 0.416 e. The Morgan fingerprint density at radius 3 is 1.25 bits per heavy atom. The first-order chi connectivity index (χ1) is 26.9. The van der Waals surface area contributed by atoms with E-state index in [0.29, 0.717) is 35.6 Å². The lowest BCUT2D eigenvalue weighted by atomic mass is 10.1. The van der Waals surface area contributed by atoms with Crippen molar-refractivity contribution in [2.75, 3.05) is 33.5 Å². The third-order valence-electron chi connectivity index (χ3n) is 9.39. The molecule has 284 valence electrons. The zero-order valence-corrected chi connectivity index (χ0v) is 29.4. The molecule has 0 saturated carbocycles. The maximum atomic E-state index is 13.2. The molecule has 0 saturated heterocycles. The van der Waals surface area contributed by atoms with Gasteiger partial charge in [0.15, 0.2) is 0 Å². The van der Waals surface area contributed by atoms with Crippen LogP contribution in [0.5, 0.6) is 0 Å². The van der Waals surface area contributed by atoms with Gasteiger partial charge in [0.1, 0.15) is 0 Å². The number of para-hydroxylation sites is 2. The van der Waals surface area contributed by atoms with Crippen LogP contribution in [0.2, 0.25) is 0 Å². The Morgan fingerprint density at radius 2 is 0.875 bits per heavy atom. The molecule has 0 unspecified atom stereocenters. The molecule has 14 heteroatoms. The molecule has 4 aromatic carbocycles. The molecule has 56 heavy (non-hydrogen) atoms. The molecular formula is C42H32F6N6O2. The molecule has 0 fully saturated rings. The van der Waals surface area contributed by atoms with Crippen LogP contribution in [0.4, 0.5) is 60.5 Å². The molecule has 6 aromatic rings. The number of nitrogens with one attached hydrogen (secondary N) is 2. The van der Waals surface area contributed by atoms with Crippen LogP contribution >= 0.6 is 0 Å². The van der Waals surface area contributed by atoms with Crippen molar-refractivity contribution < 1.29 is 35.9 Å². The molecule has 0 spiro atoms. The average Bonchev–Trinajstić information content (AvgIpc) is 3.83. The fourth-order valence-corrected chi connectivity index (χ4v) is 6.67. The van der Waals surface area contributed by atoms with Gasteiger partial charge in [0.05, 0.1) is 33.9 Å². The van der Waals surface area contributed by atoms with Crippen molar-refractivity contribution in [1.29, 1.82) is 0 Å². The van der Waals surface area contributed by atoms with E-state index in [2.05, 4.69) is 20.6 Å². The minimum absolute atomic E-state index is 0.119. The molecule has 2 N–H and O–H groups in total. The second-order valence-electron chi connectivity index (χ2n) is 12.9. The average molecular weight is 767 g/mol. The second-order valence-corrected chi connectivity index (χ2v) is 12.9. The zero-order valence-electron chi connectivity index (χ0n) is 29.4. The van der Waals surface area contributed by atoms with Gasteiger partial charge in [0.25, 0.3) is 11.8 Å². The Morgan fingerprint density at radius 1 is 0.500 bits per heavy atom. The van der Waals surface area contributed by atoms with E-state index >= 15 is 0 Å². The van der Waals surface area contributed by atoms with Crippen LogP contribution in [0.3, 0.4) is 0 Å². The fraction of sp³-hybridized carbons (Fsp3) is 0.143. The van der Waals surface area contributed by atoms with E-state index in [0.717, 1.165) is 59.6 Å². The van der Waals surface area contributed by atoms with Gasteiger partial charge in [-0.1, -0.05) is 36.4 Å². The number of benzene rings is 4. The summed E-state index contributed by atoms with van der Waals surface area (Å²) in [5.74, 6) is -0.981. The number of nitrogens with zero attached hydrogens (tertiary/aromatic N) is 4. The number of anilines is 6. The van der Waals surface area contributed by atoms with Gasteiger partial charge in [0, 0.05) is 60.4 Å². The third-order valence-corrected chi connectivity index (χ3v) is 9.39. The summed E-state index contributed by atoms with van der Waals surface area (Å²) >= 11 is 0. The number of alkyl halides is 6. The molecule has 8 nitrogen and oxygen atoms in total. The molecule has 4 heterocycles. The topological polar surface area (TPSA) is 90.5 Å². The SMILES string of the molecule is O=C(Nc1cc(C(F)(F)F)ccc1N1CCc2ccccc21)c1ccncc1.O=C(Nc1cc(C(F)(F)F)ccc1N1CCc2ccccc21)c1ccncc1. The minimum atomic E-state index is -4.50. The highest BCUT2D eigenvalue weighted by atomic mass is 19.4. The van der Waals surface area contributed by atoms with Crippen LogP contribution in [-0.2, 0) is 25.2 Å². The predicted octanol–water partition coefficient (Wildman–Crippen LogP) is 10.1. The van der Waals surface area contributed by atoms with E-state index < -0.39 is 35.3 Å². The van der Waals surface area contributed by atoms with E-state index in [1.54, 1.807) is 0 Å². The van der Waals surface area contributed by atoms with E-state index in [1.165, 1.54) is 61.2 Å².